The number of rotatable bonds is 11. The first kappa shape index (κ1) is 16.9. The second kappa shape index (κ2) is 9.90. The summed E-state index contributed by atoms with van der Waals surface area (Å²) in [5.74, 6) is 0. The summed E-state index contributed by atoms with van der Waals surface area (Å²) in [6.07, 6.45) is 10.4. The first-order valence-corrected chi connectivity index (χ1v) is 7.25. The molecule has 0 spiro atoms. The Morgan fingerprint density at radius 3 is 2.18 bits per heavy atom. The smallest absolute Gasteiger partial charge is 0.0623 e. The van der Waals surface area contributed by atoms with Gasteiger partial charge in [-0.1, -0.05) is 45.4 Å². The number of aliphatic hydroxyl groups is 1. The third-order valence-electron chi connectivity index (χ3n) is 3.52. The van der Waals surface area contributed by atoms with Crippen molar-refractivity contribution in [2.45, 2.75) is 90.3 Å². The van der Waals surface area contributed by atoms with E-state index >= 15 is 0 Å². The molecule has 0 aliphatic heterocycles. The van der Waals surface area contributed by atoms with E-state index in [1.54, 1.807) is 7.11 Å². The predicted molar refractivity (Wildman–Crippen MR) is 74.3 cm³/mol. The fourth-order valence-corrected chi connectivity index (χ4v) is 1.92. The quantitative estimate of drug-likeness (QED) is 0.549. The molecule has 0 amide bonds. The number of ether oxygens (including phenoxy) is 1. The monoisotopic (exact) mass is 244 g/mol. The van der Waals surface area contributed by atoms with Crippen molar-refractivity contribution in [2.24, 2.45) is 0 Å². The van der Waals surface area contributed by atoms with Gasteiger partial charge in [-0.05, 0) is 33.1 Å². The van der Waals surface area contributed by atoms with Crippen molar-refractivity contribution in [2.75, 3.05) is 7.11 Å². The molecule has 104 valence electrons. The van der Waals surface area contributed by atoms with Crippen LogP contribution in [0.1, 0.15) is 78.6 Å². The van der Waals surface area contributed by atoms with Crippen molar-refractivity contribution >= 4 is 0 Å². The fraction of sp³-hybridized carbons (Fsp3) is 1.00. The van der Waals surface area contributed by atoms with Gasteiger partial charge in [0.15, 0.2) is 0 Å². The van der Waals surface area contributed by atoms with Gasteiger partial charge in [0, 0.05) is 7.11 Å². The molecule has 17 heavy (non-hydrogen) atoms. The Bertz CT molecular complexity index is 166. The largest absolute Gasteiger partial charge is 0.393 e. The summed E-state index contributed by atoms with van der Waals surface area (Å²) in [7, 11) is 1.74. The van der Waals surface area contributed by atoms with Gasteiger partial charge in [0.05, 0.1) is 11.7 Å². The molecule has 2 nitrogen and oxygen atoms in total. The zero-order valence-electron chi connectivity index (χ0n) is 12.3. The number of methoxy groups -OCH3 is 1. The summed E-state index contributed by atoms with van der Waals surface area (Å²) in [4.78, 5) is 0. The third kappa shape index (κ3) is 10.8. The van der Waals surface area contributed by atoms with Crippen LogP contribution < -0.4 is 0 Å². The van der Waals surface area contributed by atoms with Crippen molar-refractivity contribution in [3.63, 3.8) is 0 Å². The van der Waals surface area contributed by atoms with Gasteiger partial charge in [-0.25, -0.2) is 0 Å². The average Bonchev–Trinajstić information content (AvgIpc) is 2.31. The maximum absolute atomic E-state index is 9.86. The normalized spacial score (nSPS) is 13.9. The van der Waals surface area contributed by atoms with Crippen LogP contribution in [0.2, 0.25) is 0 Å². The Balaban J connectivity index is 3.37. The van der Waals surface area contributed by atoms with Gasteiger partial charge in [-0.15, -0.1) is 0 Å². The Morgan fingerprint density at radius 2 is 1.59 bits per heavy atom. The predicted octanol–water partition coefficient (Wildman–Crippen LogP) is 4.30. The molecule has 0 heterocycles. The molecule has 0 bridgehead atoms. The van der Waals surface area contributed by atoms with Gasteiger partial charge in [-0.2, -0.15) is 0 Å². The zero-order chi connectivity index (χ0) is 13.1. The molecule has 2 heteroatoms. The van der Waals surface area contributed by atoms with Gasteiger partial charge in [-0.3, -0.25) is 0 Å². The lowest BCUT2D eigenvalue weighted by molar-refractivity contribution is 0.00205. The Labute approximate surface area is 108 Å². The molecule has 0 aromatic rings. The van der Waals surface area contributed by atoms with Crippen molar-refractivity contribution in [1.82, 2.24) is 0 Å². The maximum atomic E-state index is 9.86. The molecule has 0 aromatic carbocycles. The van der Waals surface area contributed by atoms with Crippen molar-refractivity contribution in [1.29, 1.82) is 0 Å². The molecule has 0 aromatic heterocycles. The fourth-order valence-electron chi connectivity index (χ4n) is 1.92. The minimum Gasteiger partial charge on any atom is -0.393 e. The Kier molecular flexibility index (Phi) is 9.85. The summed E-state index contributed by atoms with van der Waals surface area (Å²) >= 11 is 0. The molecular weight excluding hydrogens is 212 g/mol. The highest BCUT2D eigenvalue weighted by Crippen LogP contribution is 2.19. The van der Waals surface area contributed by atoms with Crippen LogP contribution >= 0.6 is 0 Å². The van der Waals surface area contributed by atoms with Crippen molar-refractivity contribution in [3.8, 4) is 0 Å². The molecule has 0 aliphatic carbocycles. The van der Waals surface area contributed by atoms with E-state index in [0.717, 1.165) is 25.7 Å². The van der Waals surface area contributed by atoms with E-state index in [0.29, 0.717) is 0 Å². The maximum Gasteiger partial charge on any atom is 0.0623 e. The molecule has 0 saturated carbocycles. The minimum absolute atomic E-state index is 0.0951. The van der Waals surface area contributed by atoms with Crippen LogP contribution in [0.3, 0.4) is 0 Å². The summed E-state index contributed by atoms with van der Waals surface area (Å²) in [5.41, 5.74) is -0.0951. The van der Waals surface area contributed by atoms with Crippen LogP contribution in [0.15, 0.2) is 0 Å². The van der Waals surface area contributed by atoms with E-state index in [2.05, 4.69) is 20.8 Å². The van der Waals surface area contributed by atoms with Crippen LogP contribution in [0, 0.1) is 0 Å². The molecule has 1 atom stereocenters. The van der Waals surface area contributed by atoms with Crippen LogP contribution in [0.4, 0.5) is 0 Å². The number of hydrogen-bond acceptors (Lipinski definition) is 2. The van der Waals surface area contributed by atoms with Crippen molar-refractivity contribution in [3.05, 3.63) is 0 Å². The molecule has 1 N–H and O–H groups in total. The highest BCUT2D eigenvalue weighted by atomic mass is 16.5. The topological polar surface area (TPSA) is 29.5 Å². The molecule has 0 radical (unpaired) electrons. The van der Waals surface area contributed by atoms with Gasteiger partial charge >= 0.3 is 0 Å². The second-order valence-corrected chi connectivity index (χ2v) is 5.71. The first-order chi connectivity index (χ1) is 8.02. The van der Waals surface area contributed by atoms with Crippen LogP contribution in [-0.4, -0.2) is 23.9 Å². The van der Waals surface area contributed by atoms with Crippen LogP contribution in [0.5, 0.6) is 0 Å². The van der Waals surface area contributed by atoms with E-state index in [9.17, 15) is 5.11 Å². The van der Waals surface area contributed by atoms with Gasteiger partial charge in [0.25, 0.3) is 0 Å². The van der Waals surface area contributed by atoms with Crippen molar-refractivity contribution < 1.29 is 9.84 Å². The molecular formula is C15H32O2. The lowest BCUT2D eigenvalue weighted by Crippen LogP contribution is -2.24. The second-order valence-electron chi connectivity index (χ2n) is 5.71. The van der Waals surface area contributed by atoms with Gasteiger partial charge < -0.3 is 9.84 Å². The average molecular weight is 244 g/mol. The van der Waals surface area contributed by atoms with Gasteiger partial charge in [0.1, 0.15) is 0 Å². The molecule has 0 rings (SSSR count). The van der Waals surface area contributed by atoms with E-state index in [1.165, 1.54) is 32.1 Å². The molecule has 0 fully saturated rings. The van der Waals surface area contributed by atoms with Crippen LogP contribution in [0.25, 0.3) is 0 Å². The minimum atomic E-state index is -0.143. The number of aliphatic hydroxyl groups excluding tert-OH is 1. The zero-order valence-corrected chi connectivity index (χ0v) is 12.3. The number of hydrogen-bond donors (Lipinski definition) is 1. The Morgan fingerprint density at radius 1 is 1.00 bits per heavy atom. The summed E-state index contributed by atoms with van der Waals surface area (Å²) in [6, 6.07) is 0. The summed E-state index contributed by atoms with van der Waals surface area (Å²) in [6.45, 7) is 6.39. The molecule has 1 unspecified atom stereocenters. The highest BCUT2D eigenvalue weighted by molar-refractivity contribution is 4.70. The summed E-state index contributed by atoms with van der Waals surface area (Å²) in [5, 5.41) is 9.86. The van der Waals surface area contributed by atoms with Gasteiger partial charge in [0.2, 0.25) is 0 Å². The Hall–Kier alpha value is -0.0800. The molecule has 0 saturated heterocycles. The van der Waals surface area contributed by atoms with E-state index < -0.39 is 0 Å². The first-order valence-electron chi connectivity index (χ1n) is 7.25. The summed E-state index contributed by atoms with van der Waals surface area (Å²) < 4.78 is 5.35. The number of unbranched alkanes of at least 4 members (excludes halogenated alkanes) is 5. The lowest BCUT2D eigenvalue weighted by atomic mass is 9.97. The van der Waals surface area contributed by atoms with E-state index in [-0.39, 0.29) is 11.7 Å². The van der Waals surface area contributed by atoms with E-state index in [4.69, 9.17) is 4.74 Å². The standard InChI is InChI=1S/C15H32O2/c1-5-6-7-8-9-10-11-14(16)12-13-15(2,3)17-4/h14,16H,5-13H2,1-4H3. The lowest BCUT2D eigenvalue weighted by Gasteiger charge is -2.24. The molecule has 0 aliphatic rings. The third-order valence-corrected chi connectivity index (χ3v) is 3.52. The SMILES string of the molecule is CCCCCCCCC(O)CCC(C)(C)OC. The highest BCUT2D eigenvalue weighted by Gasteiger charge is 2.17. The van der Waals surface area contributed by atoms with Crippen LogP contribution in [-0.2, 0) is 4.74 Å². The van der Waals surface area contributed by atoms with E-state index in [1.807, 2.05) is 0 Å².